The highest BCUT2D eigenvalue weighted by Gasteiger charge is 2.68. The van der Waals surface area contributed by atoms with Crippen LogP contribution in [0.25, 0.3) is 0 Å². The first-order valence-corrected chi connectivity index (χ1v) is 5.63. The Morgan fingerprint density at radius 2 is 1.57 bits per heavy atom. The van der Waals surface area contributed by atoms with Crippen molar-refractivity contribution in [3.05, 3.63) is 0 Å². The second kappa shape index (κ2) is 2.34. The van der Waals surface area contributed by atoms with Gasteiger partial charge in [-0.25, -0.2) is 4.90 Å². The van der Waals surface area contributed by atoms with Gasteiger partial charge >= 0.3 is 0 Å². The Bertz CT molecular complexity index is 258. The normalized spacial score (nSPS) is 56.8. The van der Waals surface area contributed by atoms with E-state index in [0.29, 0.717) is 0 Å². The third kappa shape index (κ3) is 0.802. The van der Waals surface area contributed by atoms with Gasteiger partial charge < -0.3 is 9.47 Å². The van der Waals surface area contributed by atoms with Crippen molar-refractivity contribution in [2.75, 3.05) is 13.2 Å². The lowest BCUT2D eigenvalue weighted by molar-refractivity contribution is -0.124. The van der Waals surface area contributed by atoms with Gasteiger partial charge in [-0.05, 0) is 33.1 Å². The molecule has 3 aliphatic rings. The van der Waals surface area contributed by atoms with Crippen molar-refractivity contribution >= 4 is 0 Å². The maximum Gasteiger partial charge on any atom is 0.121 e. The first-order valence-electron chi connectivity index (χ1n) is 5.63. The zero-order valence-corrected chi connectivity index (χ0v) is 9.30. The van der Waals surface area contributed by atoms with Crippen LogP contribution in [0.4, 0.5) is 0 Å². The molecule has 80 valence electrons. The molecule has 0 spiro atoms. The van der Waals surface area contributed by atoms with E-state index >= 15 is 0 Å². The average molecular weight is 197 g/mol. The van der Waals surface area contributed by atoms with Crippen molar-refractivity contribution in [3.63, 3.8) is 0 Å². The van der Waals surface area contributed by atoms with Gasteiger partial charge in [0.2, 0.25) is 0 Å². The van der Waals surface area contributed by atoms with Crippen molar-refractivity contribution < 1.29 is 9.47 Å². The summed E-state index contributed by atoms with van der Waals surface area (Å²) in [7, 11) is 0. The van der Waals surface area contributed by atoms with Crippen LogP contribution in [0.2, 0.25) is 0 Å². The molecule has 3 nitrogen and oxygen atoms in total. The molecule has 0 aromatic carbocycles. The summed E-state index contributed by atoms with van der Waals surface area (Å²) >= 11 is 0. The summed E-state index contributed by atoms with van der Waals surface area (Å²) in [5, 5.41) is 0. The Balaban J connectivity index is 2.08. The Morgan fingerprint density at radius 3 is 2.00 bits per heavy atom. The van der Waals surface area contributed by atoms with E-state index in [9.17, 15) is 0 Å². The lowest BCUT2D eigenvalue weighted by atomic mass is 9.97. The number of nitrogens with zero attached hydrogens (tertiary/aromatic N) is 1. The van der Waals surface area contributed by atoms with Crippen LogP contribution in [0.15, 0.2) is 0 Å². The van der Waals surface area contributed by atoms with Crippen molar-refractivity contribution in [3.8, 4) is 0 Å². The van der Waals surface area contributed by atoms with E-state index in [1.807, 2.05) is 0 Å². The van der Waals surface area contributed by atoms with Gasteiger partial charge in [0.25, 0.3) is 0 Å². The van der Waals surface area contributed by atoms with E-state index in [4.69, 9.17) is 9.47 Å². The standard InChI is InChI=1S/C11H19NO2/c1-4-11-7-13-9(2)5-6-10(3,12(9)11)14-8-11/h4-8H2,1-3H3/t9-,10-/m0/s1. The highest BCUT2D eigenvalue weighted by atomic mass is 16.6. The lowest BCUT2D eigenvalue weighted by Gasteiger charge is -2.37. The SMILES string of the molecule is CCC12CO[C@@]3(C)CC[C@](C)(OC1)N23. The third-order valence-corrected chi connectivity index (χ3v) is 4.43. The second-order valence-electron chi connectivity index (χ2n) is 5.34. The van der Waals surface area contributed by atoms with Crippen molar-refractivity contribution in [1.82, 2.24) is 4.90 Å². The fourth-order valence-corrected chi connectivity index (χ4v) is 3.58. The summed E-state index contributed by atoms with van der Waals surface area (Å²) in [5.41, 5.74) is 0.0581. The quantitative estimate of drug-likeness (QED) is 0.639. The van der Waals surface area contributed by atoms with Gasteiger partial charge in [-0.1, -0.05) is 6.92 Å². The molecule has 0 aromatic heterocycles. The van der Waals surface area contributed by atoms with Gasteiger partial charge in [0, 0.05) is 0 Å². The zero-order valence-electron chi connectivity index (χ0n) is 9.30. The predicted octanol–water partition coefficient (Wildman–Crippen LogP) is 1.72. The first-order chi connectivity index (χ1) is 6.55. The molecule has 0 saturated carbocycles. The van der Waals surface area contributed by atoms with Crippen LogP contribution < -0.4 is 0 Å². The van der Waals surface area contributed by atoms with E-state index in [0.717, 1.165) is 32.5 Å². The number of ether oxygens (including phenoxy) is 2. The molecule has 3 fully saturated rings. The Kier molecular flexibility index (Phi) is 1.53. The van der Waals surface area contributed by atoms with Crippen LogP contribution in [0.3, 0.4) is 0 Å². The monoisotopic (exact) mass is 197 g/mol. The molecule has 3 saturated heterocycles. The maximum absolute atomic E-state index is 6.00. The Hall–Kier alpha value is -0.120. The fraction of sp³-hybridized carbons (Fsp3) is 1.00. The third-order valence-electron chi connectivity index (χ3n) is 4.43. The summed E-state index contributed by atoms with van der Waals surface area (Å²) in [6.45, 7) is 8.35. The molecular weight excluding hydrogens is 178 g/mol. The van der Waals surface area contributed by atoms with Crippen LogP contribution in [0, 0.1) is 0 Å². The molecule has 3 rings (SSSR count). The van der Waals surface area contributed by atoms with E-state index in [1.165, 1.54) is 0 Å². The van der Waals surface area contributed by atoms with E-state index < -0.39 is 0 Å². The van der Waals surface area contributed by atoms with Gasteiger partial charge in [-0.2, -0.15) is 0 Å². The lowest BCUT2D eigenvalue weighted by Crippen LogP contribution is -2.53. The van der Waals surface area contributed by atoms with Crippen molar-refractivity contribution in [1.29, 1.82) is 0 Å². The van der Waals surface area contributed by atoms with Crippen LogP contribution in [-0.2, 0) is 9.47 Å². The molecule has 2 atom stereocenters. The summed E-state index contributed by atoms with van der Waals surface area (Å²) in [5.74, 6) is 0. The Morgan fingerprint density at radius 1 is 1.07 bits per heavy atom. The molecule has 3 aliphatic heterocycles. The zero-order chi connectivity index (χ0) is 10.0. The van der Waals surface area contributed by atoms with Crippen molar-refractivity contribution in [2.45, 2.75) is 57.0 Å². The molecule has 0 N–H and O–H groups in total. The molecule has 14 heavy (non-hydrogen) atoms. The average Bonchev–Trinajstić information content (AvgIpc) is 2.72. The molecule has 0 unspecified atom stereocenters. The summed E-state index contributed by atoms with van der Waals surface area (Å²) in [6.07, 6.45) is 3.33. The molecule has 0 radical (unpaired) electrons. The van der Waals surface area contributed by atoms with Crippen LogP contribution >= 0.6 is 0 Å². The van der Waals surface area contributed by atoms with Crippen LogP contribution in [0.1, 0.15) is 40.0 Å². The van der Waals surface area contributed by atoms with Crippen LogP contribution in [-0.4, -0.2) is 35.1 Å². The number of hydrogen-bond acceptors (Lipinski definition) is 3. The molecule has 0 bridgehead atoms. The highest BCUT2D eigenvalue weighted by molar-refractivity contribution is 5.13. The summed E-state index contributed by atoms with van der Waals surface area (Å²) in [6, 6.07) is 0. The van der Waals surface area contributed by atoms with Gasteiger partial charge in [-0.15, -0.1) is 0 Å². The van der Waals surface area contributed by atoms with Crippen LogP contribution in [0.5, 0.6) is 0 Å². The number of hydrogen-bond donors (Lipinski definition) is 0. The highest BCUT2D eigenvalue weighted by Crippen LogP contribution is 2.56. The van der Waals surface area contributed by atoms with Gasteiger partial charge in [-0.3, -0.25) is 0 Å². The Labute approximate surface area is 85.4 Å². The topological polar surface area (TPSA) is 21.7 Å². The van der Waals surface area contributed by atoms with E-state index in [2.05, 4.69) is 25.7 Å². The predicted molar refractivity (Wildman–Crippen MR) is 52.8 cm³/mol. The molecular formula is C11H19NO2. The summed E-state index contributed by atoms with van der Waals surface area (Å²) < 4.78 is 12.0. The van der Waals surface area contributed by atoms with Gasteiger partial charge in [0.05, 0.1) is 18.8 Å². The smallest absolute Gasteiger partial charge is 0.121 e. The number of rotatable bonds is 1. The minimum atomic E-state index is -0.0543. The first kappa shape index (κ1) is 9.13. The maximum atomic E-state index is 6.00. The molecule has 0 amide bonds. The fourth-order valence-electron chi connectivity index (χ4n) is 3.58. The minimum Gasteiger partial charge on any atom is -0.359 e. The molecule has 3 heterocycles. The molecule has 0 aromatic rings. The largest absolute Gasteiger partial charge is 0.359 e. The van der Waals surface area contributed by atoms with Gasteiger partial charge in [0.1, 0.15) is 11.4 Å². The van der Waals surface area contributed by atoms with E-state index in [1.54, 1.807) is 0 Å². The van der Waals surface area contributed by atoms with E-state index in [-0.39, 0.29) is 17.0 Å². The summed E-state index contributed by atoms with van der Waals surface area (Å²) in [4.78, 5) is 2.51. The van der Waals surface area contributed by atoms with Crippen molar-refractivity contribution in [2.24, 2.45) is 0 Å². The minimum absolute atomic E-state index is 0.0543. The molecule has 3 heteroatoms. The second-order valence-corrected chi connectivity index (χ2v) is 5.34. The van der Waals surface area contributed by atoms with Gasteiger partial charge in [0.15, 0.2) is 0 Å². The molecule has 0 aliphatic carbocycles.